The van der Waals surface area contributed by atoms with Crippen LogP contribution in [-0.2, 0) is 4.79 Å². The summed E-state index contributed by atoms with van der Waals surface area (Å²) >= 11 is 11.0. The van der Waals surface area contributed by atoms with Crippen LogP contribution >= 0.6 is 23.8 Å². The molecule has 0 atom stereocenters. The summed E-state index contributed by atoms with van der Waals surface area (Å²) in [6.45, 7) is 0. The second-order valence-electron chi connectivity index (χ2n) is 6.21. The molecule has 0 saturated carbocycles. The molecule has 0 fully saturated rings. The number of nitrogens with one attached hydrogen (secondary N) is 2. The molecule has 0 aliphatic carbocycles. The van der Waals surface area contributed by atoms with Crippen LogP contribution in [0, 0.1) is 10.1 Å². The molecule has 1 amide bonds. The van der Waals surface area contributed by atoms with Crippen LogP contribution < -0.4 is 15.4 Å². The number of ether oxygens (including phenoxy) is 1. The fraction of sp³-hybridized carbons (Fsp3) is 0. The number of rotatable bonds is 6. The number of carbonyl (C=O) groups excluding carboxylic acids is 1. The molecular weight excluding hydrogens is 438 g/mol. The van der Waals surface area contributed by atoms with Crippen molar-refractivity contribution in [3.63, 3.8) is 0 Å². The molecule has 2 N–H and O–H groups in total. The number of nitrogens with zero attached hydrogens (tertiary/aromatic N) is 1. The third kappa shape index (κ3) is 6.91. The maximum Gasteiger partial charge on any atom is 0.270 e. The van der Waals surface area contributed by atoms with Crippen molar-refractivity contribution in [3.8, 4) is 11.5 Å². The first-order valence-corrected chi connectivity index (χ1v) is 9.76. The second-order valence-corrected chi connectivity index (χ2v) is 7.05. The lowest BCUT2D eigenvalue weighted by Crippen LogP contribution is -2.32. The van der Waals surface area contributed by atoms with Crippen LogP contribution in [0.1, 0.15) is 5.56 Å². The van der Waals surface area contributed by atoms with E-state index in [2.05, 4.69) is 10.6 Å². The van der Waals surface area contributed by atoms with Gasteiger partial charge in [-0.15, -0.1) is 0 Å². The van der Waals surface area contributed by atoms with E-state index >= 15 is 0 Å². The van der Waals surface area contributed by atoms with Crippen molar-refractivity contribution < 1.29 is 14.5 Å². The molecule has 0 radical (unpaired) electrons. The summed E-state index contributed by atoms with van der Waals surface area (Å²) in [6, 6.07) is 20.0. The van der Waals surface area contributed by atoms with Crippen molar-refractivity contribution in [2.45, 2.75) is 0 Å². The van der Waals surface area contributed by atoms with E-state index in [-0.39, 0.29) is 10.8 Å². The van der Waals surface area contributed by atoms with Crippen molar-refractivity contribution >= 4 is 52.3 Å². The third-order valence-corrected chi connectivity index (χ3v) is 4.36. The van der Waals surface area contributed by atoms with E-state index in [1.165, 1.54) is 24.3 Å². The van der Waals surface area contributed by atoms with E-state index in [0.29, 0.717) is 27.8 Å². The zero-order valence-corrected chi connectivity index (χ0v) is 17.5. The summed E-state index contributed by atoms with van der Waals surface area (Å²) in [4.78, 5) is 22.3. The highest BCUT2D eigenvalue weighted by atomic mass is 35.5. The van der Waals surface area contributed by atoms with E-state index in [0.717, 1.165) is 0 Å². The fourth-order valence-electron chi connectivity index (χ4n) is 2.47. The van der Waals surface area contributed by atoms with E-state index in [9.17, 15) is 14.9 Å². The number of halogens is 1. The standard InChI is InChI=1S/C22H16ClN3O4S/c23-16-5-9-19(10-6-16)30-20-11-7-17(8-12-20)24-22(31)25-21(27)13-4-15-2-1-3-18(14-15)26(28)29/h1-14H,(H2,24,25,27,31). The molecule has 0 aliphatic rings. The summed E-state index contributed by atoms with van der Waals surface area (Å²) in [6.07, 6.45) is 2.71. The van der Waals surface area contributed by atoms with Crippen LogP contribution in [-0.4, -0.2) is 15.9 Å². The summed E-state index contributed by atoms with van der Waals surface area (Å²) < 4.78 is 5.71. The van der Waals surface area contributed by atoms with Crippen molar-refractivity contribution in [1.29, 1.82) is 0 Å². The Hall–Kier alpha value is -3.75. The molecule has 0 unspecified atom stereocenters. The number of hydrogen-bond acceptors (Lipinski definition) is 5. The number of anilines is 1. The zero-order valence-electron chi connectivity index (χ0n) is 15.9. The van der Waals surface area contributed by atoms with Gasteiger partial charge in [-0.1, -0.05) is 23.7 Å². The lowest BCUT2D eigenvalue weighted by Gasteiger charge is -2.10. The number of amides is 1. The van der Waals surface area contributed by atoms with Gasteiger partial charge in [-0.25, -0.2) is 0 Å². The Kier molecular flexibility index (Phi) is 7.31. The molecular formula is C22H16ClN3O4S. The summed E-state index contributed by atoms with van der Waals surface area (Å²) in [5.74, 6) is 0.817. The monoisotopic (exact) mass is 453 g/mol. The van der Waals surface area contributed by atoms with Gasteiger partial charge in [0, 0.05) is 28.9 Å². The number of non-ortho nitro benzene ring substituents is 1. The van der Waals surface area contributed by atoms with Crippen LogP contribution in [0.15, 0.2) is 78.9 Å². The number of thiocarbonyl (C=S) groups is 1. The highest BCUT2D eigenvalue weighted by Crippen LogP contribution is 2.24. The van der Waals surface area contributed by atoms with E-state index in [1.807, 2.05) is 0 Å². The van der Waals surface area contributed by atoms with Crippen LogP contribution in [0.5, 0.6) is 11.5 Å². The largest absolute Gasteiger partial charge is 0.457 e. The molecule has 7 nitrogen and oxygen atoms in total. The Labute approximate surface area is 188 Å². The lowest BCUT2D eigenvalue weighted by atomic mass is 10.2. The van der Waals surface area contributed by atoms with Gasteiger partial charge in [0.2, 0.25) is 5.91 Å². The van der Waals surface area contributed by atoms with Gasteiger partial charge in [-0.2, -0.15) is 0 Å². The predicted octanol–water partition coefficient (Wildman–Crippen LogP) is 5.57. The molecule has 3 rings (SSSR count). The highest BCUT2D eigenvalue weighted by Gasteiger charge is 2.05. The van der Waals surface area contributed by atoms with Gasteiger partial charge < -0.3 is 10.1 Å². The van der Waals surface area contributed by atoms with Crippen LogP contribution in [0.4, 0.5) is 11.4 Å². The van der Waals surface area contributed by atoms with Crippen molar-refractivity contribution in [2.75, 3.05) is 5.32 Å². The number of benzene rings is 3. The van der Waals surface area contributed by atoms with Crippen molar-refractivity contribution in [1.82, 2.24) is 5.32 Å². The van der Waals surface area contributed by atoms with Gasteiger partial charge in [0.1, 0.15) is 11.5 Å². The SMILES string of the molecule is O=C(C=Cc1cccc([N+](=O)[O-])c1)NC(=S)Nc1ccc(Oc2ccc(Cl)cc2)cc1. The number of carbonyl (C=O) groups is 1. The normalized spacial score (nSPS) is 10.5. The summed E-state index contributed by atoms with van der Waals surface area (Å²) in [5.41, 5.74) is 1.14. The van der Waals surface area contributed by atoms with Gasteiger partial charge in [-0.05, 0) is 72.4 Å². The Morgan fingerprint density at radius 3 is 2.32 bits per heavy atom. The Bertz CT molecular complexity index is 1130. The molecule has 0 saturated heterocycles. The van der Waals surface area contributed by atoms with Crippen molar-refractivity contribution in [3.05, 3.63) is 99.6 Å². The number of nitro groups is 1. The minimum atomic E-state index is -0.498. The zero-order chi connectivity index (χ0) is 22.2. The maximum atomic E-state index is 12.0. The summed E-state index contributed by atoms with van der Waals surface area (Å²) in [5, 5.41) is 16.9. The van der Waals surface area contributed by atoms with E-state index in [4.69, 9.17) is 28.6 Å². The Morgan fingerprint density at radius 2 is 1.68 bits per heavy atom. The first-order chi connectivity index (χ1) is 14.9. The second kappa shape index (κ2) is 10.3. The topological polar surface area (TPSA) is 93.5 Å². The van der Waals surface area contributed by atoms with Gasteiger partial charge in [0.25, 0.3) is 5.69 Å². The predicted molar refractivity (Wildman–Crippen MR) is 124 cm³/mol. The maximum absolute atomic E-state index is 12.0. The minimum absolute atomic E-state index is 0.0526. The third-order valence-electron chi connectivity index (χ3n) is 3.91. The molecule has 3 aromatic rings. The molecule has 0 bridgehead atoms. The molecule has 31 heavy (non-hydrogen) atoms. The average molecular weight is 454 g/mol. The number of nitro benzene ring substituents is 1. The number of hydrogen-bond donors (Lipinski definition) is 2. The van der Waals surface area contributed by atoms with E-state index in [1.54, 1.807) is 60.7 Å². The molecule has 9 heteroatoms. The fourth-order valence-corrected chi connectivity index (χ4v) is 2.82. The van der Waals surface area contributed by atoms with Crippen molar-refractivity contribution in [2.24, 2.45) is 0 Å². The van der Waals surface area contributed by atoms with Gasteiger partial charge in [-0.3, -0.25) is 20.2 Å². The van der Waals surface area contributed by atoms with Crippen LogP contribution in [0.25, 0.3) is 6.08 Å². The van der Waals surface area contributed by atoms with Gasteiger partial charge in [0.15, 0.2) is 5.11 Å². The van der Waals surface area contributed by atoms with Gasteiger partial charge >= 0.3 is 0 Å². The molecule has 3 aromatic carbocycles. The average Bonchev–Trinajstić information content (AvgIpc) is 2.75. The van der Waals surface area contributed by atoms with Crippen LogP contribution in [0.3, 0.4) is 0 Å². The first kappa shape index (κ1) is 21.9. The lowest BCUT2D eigenvalue weighted by molar-refractivity contribution is -0.384. The smallest absolute Gasteiger partial charge is 0.270 e. The van der Waals surface area contributed by atoms with E-state index < -0.39 is 10.8 Å². The highest BCUT2D eigenvalue weighted by molar-refractivity contribution is 7.80. The molecule has 0 aliphatic heterocycles. The summed E-state index contributed by atoms with van der Waals surface area (Å²) in [7, 11) is 0. The molecule has 0 spiro atoms. The Balaban J connectivity index is 1.51. The molecule has 0 heterocycles. The molecule has 156 valence electrons. The first-order valence-electron chi connectivity index (χ1n) is 8.97. The van der Waals surface area contributed by atoms with Crippen LogP contribution in [0.2, 0.25) is 5.02 Å². The quantitative estimate of drug-likeness (QED) is 0.219. The Morgan fingerprint density at radius 1 is 1.03 bits per heavy atom. The van der Waals surface area contributed by atoms with Gasteiger partial charge in [0.05, 0.1) is 4.92 Å². The minimum Gasteiger partial charge on any atom is -0.457 e. The molecule has 0 aromatic heterocycles.